The average molecular weight is 492 g/mol. The largest absolute Gasteiger partial charge is 0.396 e. The lowest BCUT2D eigenvalue weighted by molar-refractivity contribution is -0.129. The Bertz CT molecular complexity index is 835. The van der Waals surface area contributed by atoms with Crippen molar-refractivity contribution < 1.29 is 9.90 Å². The molecule has 5 N–H and O–H groups in total. The van der Waals surface area contributed by atoms with Gasteiger partial charge in [0.1, 0.15) is 0 Å². The minimum Gasteiger partial charge on any atom is -0.396 e. The van der Waals surface area contributed by atoms with Crippen LogP contribution < -0.4 is 11.5 Å². The zero-order valence-corrected chi connectivity index (χ0v) is 21.7. The van der Waals surface area contributed by atoms with Gasteiger partial charge in [0.2, 0.25) is 0 Å². The summed E-state index contributed by atoms with van der Waals surface area (Å²) >= 11 is 0. The molecule has 0 aromatic carbocycles. The number of ketones is 1. The molecule has 0 radical (unpaired) electrons. The number of hydrogen-bond acceptors (Lipinski definition) is 5. The van der Waals surface area contributed by atoms with Gasteiger partial charge in [-0.15, -0.1) is 0 Å². The standard InChI is InChI=1S/C26H41N3O2S2/c1-25-9-10-32-33-15-19(29-24(27)28)7-4-8-20-21-12-18(25)11-17(14-30)23(16-5-2-3-6-16)26(21,25)13-22(20)31/h16-19,23,30H,2-15H2,1H3,(H4,27,28,29). The van der Waals surface area contributed by atoms with E-state index in [4.69, 9.17) is 11.5 Å². The summed E-state index contributed by atoms with van der Waals surface area (Å²) in [6, 6.07) is 0.126. The van der Waals surface area contributed by atoms with Gasteiger partial charge in [0, 0.05) is 29.9 Å². The van der Waals surface area contributed by atoms with E-state index in [0.717, 1.165) is 55.6 Å². The van der Waals surface area contributed by atoms with Crippen LogP contribution in [0.1, 0.15) is 77.6 Å². The number of nitrogens with two attached hydrogens (primary N) is 2. The second-order valence-corrected chi connectivity index (χ2v) is 14.2. The topological polar surface area (TPSA) is 102 Å². The van der Waals surface area contributed by atoms with E-state index in [9.17, 15) is 9.90 Å². The number of hydrogen-bond donors (Lipinski definition) is 3. The molecule has 5 nitrogen and oxygen atoms in total. The Morgan fingerprint density at radius 1 is 1.18 bits per heavy atom. The molecule has 5 aliphatic rings. The molecule has 6 unspecified atom stereocenters. The Morgan fingerprint density at radius 3 is 2.70 bits per heavy atom. The second kappa shape index (κ2) is 9.42. The highest BCUT2D eigenvalue weighted by Crippen LogP contribution is 2.76. The van der Waals surface area contributed by atoms with Crippen molar-refractivity contribution in [2.45, 2.75) is 83.6 Å². The van der Waals surface area contributed by atoms with E-state index in [1.54, 1.807) is 0 Å². The number of aliphatic hydroxyl groups excluding tert-OH is 1. The first-order valence-electron chi connectivity index (χ1n) is 13.1. The van der Waals surface area contributed by atoms with Crippen LogP contribution in [0.2, 0.25) is 0 Å². The Kier molecular flexibility index (Phi) is 6.87. The van der Waals surface area contributed by atoms with E-state index >= 15 is 0 Å². The fraction of sp³-hybridized carbons (Fsp3) is 0.846. The SMILES string of the molecule is CC12CCSSCC(N=C(N)N)CCCC3=C4CC1CC(CO)C(C1CCCC1)C42CC3=O. The number of carbonyl (C=O) groups excluding carboxylic acids is 1. The van der Waals surface area contributed by atoms with Crippen molar-refractivity contribution in [3.63, 3.8) is 0 Å². The Morgan fingerprint density at radius 2 is 1.97 bits per heavy atom. The van der Waals surface area contributed by atoms with E-state index in [0.29, 0.717) is 35.9 Å². The summed E-state index contributed by atoms with van der Waals surface area (Å²) in [5.41, 5.74) is 14.2. The summed E-state index contributed by atoms with van der Waals surface area (Å²) in [5, 5.41) is 10.5. The van der Waals surface area contributed by atoms with Crippen molar-refractivity contribution in [3.8, 4) is 0 Å². The molecule has 33 heavy (non-hydrogen) atoms. The molecule has 1 heterocycles. The molecule has 184 valence electrons. The van der Waals surface area contributed by atoms with E-state index in [1.165, 1.54) is 31.3 Å². The van der Waals surface area contributed by atoms with Crippen molar-refractivity contribution in [2.24, 2.45) is 51.0 Å². The summed E-state index contributed by atoms with van der Waals surface area (Å²) in [6.45, 7) is 2.82. The predicted molar refractivity (Wildman–Crippen MR) is 139 cm³/mol. The van der Waals surface area contributed by atoms with Gasteiger partial charge in [-0.1, -0.05) is 59.8 Å². The van der Waals surface area contributed by atoms with Crippen molar-refractivity contribution in [2.75, 3.05) is 18.1 Å². The van der Waals surface area contributed by atoms with Crippen molar-refractivity contribution in [1.82, 2.24) is 0 Å². The number of allylic oxidation sites excluding steroid dienone is 2. The first kappa shape index (κ1) is 24.1. The Labute approximate surface area is 206 Å². The number of aliphatic hydroxyl groups is 1. The highest BCUT2D eigenvalue weighted by molar-refractivity contribution is 8.76. The lowest BCUT2D eigenvalue weighted by Crippen LogP contribution is -2.54. The average Bonchev–Trinajstić information content (AvgIpc) is 3.41. The lowest BCUT2D eigenvalue weighted by atomic mass is 9.45. The zero-order chi connectivity index (χ0) is 23.2. The van der Waals surface area contributed by atoms with Crippen LogP contribution in [0.25, 0.3) is 0 Å². The van der Waals surface area contributed by atoms with E-state index in [-0.39, 0.29) is 29.4 Å². The Hall–Kier alpha value is -0.660. The van der Waals surface area contributed by atoms with E-state index < -0.39 is 0 Å². The van der Waals surface area contributed by atoms with Crippen LogP contribution in [0.3, 0.4) is 0 Å². The number of carbonyl (C=O) groups is 1. The van der Waals surface area contributed by atoms with Crippen LogP contribution >= 0.6 is 21.6 Å². The Balaban J connectivity index is 1.56. The van der Waals surface area contributed by atoms with Crippen LogP contribution in [-0.2, 0) is 4.79 Å². The van der Waals surface area contributed by atoms with E-state index in [2.05, 4.69) is 11.9 Å². The van der Waals surface area contributed by atoms with Gasteiger partial charge in [0.15, 0.2) is 11.7 Å². The number of rotatable bonds is 3. The van der Waals surface area contributed by atoms with Crippen molar-refractivity contribution in [1.29, 1.82) is 0 Å². The molecule has 5 bridgehead atoms. The summed E-state index contributed by atoms with van der Waals surface area (Å²) < 4.78 is 0. The zero-order valence-electron chi connectivity index (χ0n) is 20.1. The van der Waals surface area contributed by atoms with Gasteiger partial charge in [-0.05, 0) is 73.2 Å². The fourth-order valence-electron chi connectivity index (χ4n) is 8.91. The maximum absolute atomic E-state index is 13.7. The summed E-state index contributed by atoms with van der Waals surface area (Å²) in [6.07, 6.45) is 12.1. The molecule has 6 atom stereocenters. The first-order valence-corrected chi connectivity index (χ1v) is 15.6. The molecule has 5 rings (SSSR count). The van der Waals surface area contributed by atoms with Gasteiger partial charge in [0.25, 0.3) is 0 Å². The third-order valence-corrected chi connectivity index (χ3v) is 12.7. The quantitative estimate of drug-likeness (QED) is 0.301. The summed E-state index contributed by atoms with van der Waals surface area (Å²) in [4.78, 5) is 18.1. The molecule has 3 saturated carbocycles. The monoisotopic (exact) mass is 491 g/mol. The minimum absolute atomic E-state index is 0.0107. The molecule has 0 aromatic heterocycles. The number of nitrogens with zero attached hydrogens (tertiary/aromatic N) is 1. The first-order chi connectivity index (χ1) is 15.9. The van der Waals surface area contributed by atoms with Crippen LogP contribution in [0.15, 0.2) is 16.1 Å². The van der Waals surface area contributed by atoms with Gasteiger partial charge in [0.05, 0.1) is 6.04 Å². The molecule has 1 aliphatic heterocycles. The number of Topliss-reactive ketones (excluding diaryl/α,β-unsaturated/α-hetero) is 1. The highest BCUT2D eigenvalue weighted by Gasteiger charge is 2.70. The highest BCUT2D eigenvalue weighted by atomic mass is 33.1. The second-order valence-electron chi connectivity index (χ2n) is 11.6. The smallest absolute Gasteiger partial charge is 0.186 e. The van der Waals surface area contributed by atoms with Gasteiger partial charge in [-0.25, -0.2) is 4.99 Å². The van der Waals surface area contributed by atoms with Crippen LogP contribution in [-0.4, -0.2) is 41.0 Å². The molecule has 7 heteroatoms. The van der Waals surface area contributed by atoms with Gasteiger partial charge >= 0.3 is 0 Å². The minimum atomic E-state index is -0.0107. The summed E-state index contributed by atoms with van der Waals surface area (Å²) in [7, 11) is 3.86. The summed E-state index contributed by atoms with van der Waals surface area (Å²) in [5.74, 6) is 4.72. The van der Waals surface area contributed by atoms with Crippen molar-refractivity contribution in [3.05, 3.63) is 11.1 Å². The van der Waals surface area contributed by atoms with Gasteiger partial charge in [-0.3, -0.25) is 4.79 Å². The third kappa shape index (κ3) is 3.88. The fourth-order valence-corrected chi connectivity index (χ4v) is 11.4. The third-order valence-electron chi connectivity index (χ3n) is 10.2. The number of guanidine groups is 1. The maximum atomic E-state index is 13.7. The molecule has 1 spiro atoms. The van der Waals surface area contributed by atoms with Crippen LogP contribution in [0, 0.1) is 34.5 Å². The van der Waals surface area contributed by atoms with Crippen LogP contribution in [0.4, 0.5) is 0 Å². The molecule has 4 aliphatic carbocycles. The molecular formula is C26H41N3O2S2. The molecule has 0 saturated heterocycles. The van der Waals surface area contributed by atoms with Gasteiger partial charge in [-0.2, -0.15) is 0 Å². The normalized spacial score (nSPS) is 42.1. The molecule has 3 fully saturated rings. The number of aliphatic imine (C=N–C) groups is 1. The molecular weight excluding hydrogens is 450 g/mol. The van der Waals surface area contributed by atoms with E-state index in [1.807, 2.05) is 21.6 Å². The predicted octanol–water partition coefficient (Wildman–Crippen LogP) is 4.68. The van der Waals surface area contributed by atoms with Gasteiger partial charge < -0.3 is 16.6 Å². The maximum Gasteiger partial charge on any atom is 0.186 e. The van der Waals surface area contributed by atoms with Crippen LogP contribution in [0.5, 0.6) is 0 Å². The molecule has 0 aromatic rings. The molecule has 0 amide bonds. The van der Waals surface area contributed by atoms with Crippen molar-refractivity contribution >= 4 is 33.3 Å². The lowest BCUT2D eigenvalue weighted by Gasteiger charge is -2.58.